The summed E-state index contributed by atoms with van der Waals surface area (Å²) in [7, 11) is 2.16. The van der Waals surface area contributed by atoms with Crippen molar-refractivity contribution in [3.8, 4) is 11.1 Å². The minimum absolute atomic E-state index is 0.549. The van der Waals surface area contributed by atoms with E-state index in [1.807, 2.05) is 43.6 Å². The predicted molar refractivity (Wildman–Crippen MR) is 138 cm³/mol. The van der Waals surface area contributed by atoms with Crippen molar-refractivity contribution in [3.63, 3.8) is 0 Å². The molecule has 9 heteroatoms. The maximum Gasteiger partial charge on any atom is 0.229 e. The third kappa shape index (κ3) is 4.42. The summed E-state index contributed by atoms with van der Waals surface area (Å²) in [5, 5.41) is 11.2. The number of hydrogen-bond acceptors (Lipinski definition) is 8. The first kappa shape index (κ1) is 21.8. The molecule has 0 radical (unpaired) electrons. The third-order valence-corrected chi connectivity index (χ3v) is 6.20. The Labute approximate surface area is 198 Å². The van der Waals surface area contributed by atoms with Gasteiger partial charge in [-0.15, -0.1) is 0 Å². The van der Waals surface area contributed by atoms with Crippen LogP contribution in [-0.4, -0.2) is 59.6 Å². The first-order chi connectivity index (χ1) is 16.6. The lowest BCUT2D eigenvalue weighted by Crippen LogP contribution is -2.44. The summed E-state index contributed by atoms with van der Waals surface area (Å²) in [5.74, 6) is 0.549. The molecule has 2 aromatic heterocycles. The number of benzene rings is 2. The van der Waals surface area contributed by atoms with E-state index in [4.69, 9.17) is 10.5 Å². The van der Waals surface area contributed by atoms with Gasteiger partial charge in [0, 0.05) is 67.4 Å². The molecule has 2 aromatic carbocycles. The van der Waals surface area contributed by atoms with Crippen LogP contribution < -0.4 is 15.5 Å². The number of rotatable bonds is 7. The molecule has 0 saturated carbocycles. The van der Waals surface area contributed by atoms with Crippen LogP contribution in [-0.2, 0) is 0 Å². The Morgan fingerprint density at radius 1 is 1.12 bits per heavy atom. The van der Waals surface area contributed by atoms with Crippen LogP contribution in [0.3, 0.4) is 0 Å². The molecule has 1 saturated heterocycles. The molecule has 5 rings (SSSR count). The van der Waals surface area contributed by atoms with E-state index in [2.05, 4.69) is 60.8 Å². The van der Waals surface area contributed by atoms with Crippen LogP contribution in [0.4, 0.5) is 28.7 Å². The van der Waals surface area contributed by atoms with Gasteiger partial charge in [-0.25, -0.2) is 10.5 Å². The van der Waals surface area contributed by atoms with Gasteiger partial charge in [-0.3, -0.25) is 0 Å². The van der Waals surface area contributed by atoms with E-state index < -0.39 is 0 Å². The molecule has 0 bridgehead atoms. The summed E-state index contributed by atoms with van der Waals surface area (Å²) in [4.78, 5) is 17.3. The second-order valence-electron chi connectivity index (χ2n) is 8.50. The van der Waals surface area contributed by atoms with Gasteiger partial charge in [0.05, 0.1) is 5.69 Å². The monoisotopic (exact) mass is 455 g/mol. The van der Waals surface area contributed by atoms with Crippen LogP contribution in [0.25, 0.3) is 22.2 Å². The van der Waals surface area contributed by atoms with E-state index >= 15 is 0 Å². The number of fused-ring (bicyclic) bond motifs is 1. The van der Waals surface area contributed by atoms with Gasteiger partial charge in [0.25, 0.3) is 0 Å². The van der Waals surface area contributed by atoms with Gasteiger partial charge in [-0.2, -0.15) is 10.1 Å². The van der Waals surface area contributed by atoms with E-state index in [-0.39, 0.29) is 0 Å². The number of aromatic amines is 1. The van der Waals surface area contributed by atoms with Gasteiger partial charge in [-0.05, 0) is 49.9 Å². The van der Waals surface area contributed by atoms with E-state index in [9.17, 15) is 0 Å². The standard InChI is InChI=1S/C25H29N9/c1-3-27-23-13-17(7-8-22(23)32-26)20-15-28-24-21(20)16-29-25(31-24)30-18-5-4-6-19(14-18)34-11-9-33(2)10-12-34/h4-8,13-16,26-27H,3,9-12H2,1-2H3,(H2,28,29,30,31). The van der Waals surface area contributed by atoms with Crippen molar-refractivity contribution in [3.05, 3.63) is 54.9 Å². The first-order valence-corrected chi connectivity index (χ1v) is 11.5. The summed E-state index contributed by atoms with van der Waals surface area (Å²) < 4.78 is 0. The molecule has 0 spiro atoms. The number of piperazine rings is 1. The molecule has 0 unspecified atom stereocenters. The summed E-state index contributed by atoms with van der Waals surface area (Å²) >= 11 is 0. The average molecular weight is 456 g/mol. The van der Waals surface area contributed by atoms with Crippen molar-refractivity contribution in [2.45, 2.75) is 6.92 Å². The maximum absolute atomic E-state index is 7.38. The van der Waals surface area contributed by atoms with E-state index in [1.165, 1.54) is 5.69 Å². The van der Waals surface area contributed by atoms with Crippen molar-refractivity contribution >= 4 is 39.7 Å². The fraction of sp³-hybridized carbons (Fsp3) is 0.280. The smallest absolute Gasteiger partial charge is 0.229 e. The topological polar surface area (TPSA) is 108 Å². The average Bonchev–Trinajstić information content (AvgIpc) is 3.28. The molecule has 1 aliphatic heterocycles. The van der Waals surface area contributed by atoms with Crippen molar-refractivity contribution in [2.24, 2.45) is 5.11 Å². The molecule has 34 heavy (non-hydrogen) atoms. The number of H-pyrrole nitrogens is 1. The van der Waals surface area contributed by atoms with Gasteiger partial charge < -0.3 is 25.4 Å². The number of likely N-dealkylation sites (N-methyl/N-ethyl adjacent to an activating group) is 1. The second kappa shape index (κ2) is 9.48. The van der Waals surface area contributed by atoms with Crippen LogP contribution in [0.1, 0.15) is 6.92 Å². The number of aromatic nitrogens is 3. The van der Waals surface area contributed by atoms with Crippen molar-refractivity contribution in [2.75, 3.05) is 55.3 Å². The highest BCUT2D eigenvalue weighted by Crippen LogP contribution is 2.34. The Morgan fingerprint density at radius 3 is 2.76 bits per heavy atom. The highest BCUT2D eigenvalue weighted by Gasteiger charge is 2.15. The van der Waals surface area contributed by atoms with Crippen LogP contribution in [0, 0.1) is 5.53 Å². The van der Waals surface area contributed by atoms with E-state index in [0.717, 1.165) is 66.3 Å². The Kier molecular flexibility index (Phi) is 6.09. The Balaban J connectivity index is 1.38. The second-order valence-corrected chi connectivity index (χ2v) is 8.50. The van der Waals surface area contributed by atoms with Gasteiger partial charge in [0.15, 0.2) is 0 Å². The molecule has 0 amide bonds. The normalized spacial score (nSPS) is 14.4. The zero-order valence-corrected chi connectivity index (χ0v) is 19.5. The third-order valence-electron chi connectivity index (χ3n) is 6.20. The van der Waals surface area contributed by atoms with E-state index in [0.29, 0.717) is 11.6 Å². The minimum Gasteiger partial charge on any atom is -0.384 e. The first-order valence-electron chi connectivity index (χ1n) is 11.5. The Morgan fingerprint density at radius 2 is 1.97 bits per heavy atom. The number of anilines is 4. The maximum atomic E-state index is 7.38. The number of hydrogen-bond donors (Lipinski definition) is 4. The predicted octanol–water partition coefficient (Wildman–Crippen LogP) is 5.21. The summed E-state index contributed by atoms with van der Waals surface area (Å²) in [6.07, 6.45) is 3.79. The lowest BCUT2D eigenvalue weighted by molar-refractivity contribution is 0.313. The molecule has 1 aliphatic rings. The molecule has 4 aromatic rings. The van der Waals surface area contributed by atoms with Crippen molar-refractivity contribution in [1.82, 2.24) is 19.9 Å². The van der Waals surface area contributed by atoms with Crippen LogP contribution >= 0.6 is 0 Å². The molecule has 0 atom stereocenters. The van der Waals surface area contributed by atoms with Gasteiger partial charge in [-0.1, -0.05) is 12.1 Å². The van der Waals surface area contributed by atoms with Crippen LogP contribution in [0.2, 0.25) is 0 Å². The lowest BCUT2D eigenvalue weighted by atomic mass is 10.0. The van der Waals surface area contributed by atoms with Gasteiger partial charge >= 0.3 is 0 Å². The van der Waals surface area contributed by atoms with Gasteiger partial charge in [0.2, 0.25) is 5.95 Å². The SMILES string of the molecule is CCNc1cc(-c2c[nH]c3nc(Nc4cccc(N5CCN(C)CC5)c4)ncc23)ccc1N=N. The number of nitrogens with one attached hydrogen (secondary N) is 4. The molecule has 9 nitrogen and oxygen atoms in total. The summed E-state index contributed by atoms with van der Waals surface area (Å²) in [6.45, 7) is 6.98. The molecule has 4 N–H and O–H groups in total. The van der Waals surface area contributed by atoms with E-state index in [1.54, 1.807) is 0 Å². The summed E-state index contributed by atoms with van der Waals surface area (Å²) in [6, 6.07) is 14.2. The molecule has 174 valence electrons. The largest absolute Gasteiger partial charge is 0.384 e. The molecule has 1 fully saturated rings. The summed E-state index contributed by atoms with van der Waals surface area (Å²) in [5.41, 5.74) is 13.8. The zero-order chi connectivity index (χ0) is 23.5. The van der Waals surface area contributed by atoms with Gasteiger partial charge in [0.1, 0.15) is 11.3 Å². The quantitative estimate of drug-likeness (QED) is 0.285. The number of nitrogens with zero attached hydrogens (tertiary/aromatic N) is 5. The molecule has 3 heterocycles. The Bertz CT molecular complexity index is 1300. The van der Waals surface area contributed by atoms with Crippen LogP contribution in [0.5, 0.6) is 0 Å². The highest BCUT2D eigenvalue weighted by molar-refractivity contribution is 5.94. The fourth-order valence-electron chi connectivity index (χ4n) is 4.31. The lowest BCUT2D eigenvalue weighted by Gasteiger charge is -2.34. The zero-order valence-electron chi connectivity index (χ0n) is 19.5. The van der Waals surface area contributed by atoms with Crippen molar-refractivity contribution < 1.29 is 0 Å². The molecular formula is C25H29N9. The molecule has 0 aliphatic carbocycles. The Hall–Kier alpha value is -3.98. The van der Waals surface area contributed by atoms with Crippen molar-refractivity contribution in [1.29, 1.82) is 5.53 Å². The highest BCUT2D eigenvalue weighted by atomic mass is 15.2. The minimum atomic E-state index is 0.549. The van der Waals surface area contributed by atoms with Crippen LogP contribution in [0.15, 0.2) is 60.0 Å². The molecular weight excluding hydrogens is 426 g/mol. The fourth-order valence-corrected chi connectivity index (χ4v) is 4.31.